The maximum atomic E-state index is 13.7. The van der Waals surface area contributed by atoms with E-state index >= 15 is 0 Å². The lowest BCUT2D eigenvalue weighted by atomic mass is 10.1. The van der Waals surface area contributed by atoms with E-state index in [0.29, 0.717) is 83.7 Å². The summed E-state index contributed by atoms with van der Waals surface area (Å²) >= 11 is 0. The minimum absolute atomic E-state index is 0.102. The summed E-state index contributed by atoms with van der Waals surface area (Å²) in [5.74, 6) is 0.409. The molecule has 1 aromatic rings. The molecule has 4 atom stereocenters. The molecule has 0 aliphatic carbocycles. The van der Waals surface area contributed by atoms with Crippen LogP contribution in [0.5, 0.6) is 5.75 Å². The summed E-state index contributed by atoms with van der Waals surface area (Å²) in [7, 11) is 0. The number of nitrogens with one attached hydrogen (secondary N) is 1. The zero-order chi connectivity index (χ0) is 34.0. The fourth-order valence-electron chi connectivity index (χ4n) is 5.58. The number of rotatable bonds is 19. The van der Waals surface area contributed by atoms with Crippen molar-refractivity contribution in [2.45, 2.75) is 96.0 Å². The van der Waals surface area contributed by atoms with Gasteiger partial charge in [-0.15, -0.1) is 0 Å². The molecule has 3 aliphatic rings. The number of benzene rings is 1. The molecule has 0 bridgehead atoms. The normalized spacial score (nSPS) is 22.3. The number of ether oxygens (including phenoxy) is 9. The molecule has 0 spiro atoms. The minimum atomic E-state index is -0.927. The smallest absolute Gasteiger partial charge is 0.408 e. The van der Waals surface area contributed by atoms with E-state index < -0.39 is 17.7 Å². The van der Waals surface area contributed by atoms with Gasteiger partial charge in [0.25, 0.3) is 0 Å². The maximum Gasteiger partial charge on any atom is 0.408 e. The van der Waals surface area contributed by atoms with Crippen molar-refractivity contribution in [3.8, 4) is 5.75 Å². The van der Waals surface area contributed by atoms with Crippen LogP contribution in [0, 0.1) is 0 Å². The third kappa shape index (κ3) is 14.5. The van der Waals surface area contributed by atoms with Crippen LogP contribution in [0.4, 0.5) is 4.79 Å². The van der Waals surface area contributed by atoms with E-state index in [1.54, 1.807) is 49.9 Å². The van der Waals surface area contributed by atoms with Crippen LogP contribution >= 0.6 is 0 Å². The van der Waals surface area contributed by atoms with Crippen molar-refractivity contribution in [1.29, 1.82) is 0 Å². The summed E-state index contributed by atoms with van der Waals surface area (Å²) in [6.45, 7) is 11.3. The molecule has 13 heteroatoms. The van der Waals surface area contributed by atoms with Crippen LogP contribution in [0.3, 0.4) is 0 Å². The molecule has 1 N–H and O–H groups in total. The summed E-state index contributed by atoms with van der Waals surface area (Å²) in [6.07, 6.45) is 5.90. The molecule has 0 aromatic heterocycles. The summed E-state index contributed by atoms with van der Waals surface area (Å²) in [5.41, 5.74) is -0.0851. The molecule has 3 heterocycles. The van der Waals surface area contributed by atoms with E-state index in [-0.39, 0.29) is 24.6 Å². The van der Waals surface area contributed by atoms with Gasteiger partial charge in [-0.3, -0.25) is 4.79 Å². The van der Waals surface area contributed by atoms with E-state index in [1.165, 1.54) is 0 Å². The SMILES string of the molecule is CC(C)(C)OC(=O)NC(C(=O)N1CC[C@@H](OCCOCCOCCOC2CCCCO2)C1)c1ccc(OCCOC2CCCCO2)cc1. The monoisotopic (exact) mass is 680 g/mol. The minimum Gasteiger partial charge on any atom is -0.491 e. The van der Waals surface area contributed by atoms with Gasteiger partial charge in [-0.25, -0.2) is 4.79 Å². The summed E-state index contributed by atoms with van der Waals surface area (Å²) in [6, 6.07) is 6.20. The van der Waals surface area contributed by atoms with Gasteiger partial charge in [-0.1, -0.05) is 12.1 Å². The number of alkyl carbamates (subject to hydrolysis) is 1. The molecule has 13 nitrogen and oxygen atoms in total. The summed E-state index contributed by atoms with van der Waals surface area (Å²) < 4.78 is 51.0. The second-order valence-corrected chi connectivity index (χ2v) is 13.1. The second kappa shape index (κ2) is 20.9. The highest BCUT2D eigenvalue weighted by atomic mass is 16.7. The predicted octanol–water partition coefficient (Wildman–Crippen LogP) is 4.37. The van der Waals surface area contributed by atoms with E-state index in [2.05, 4.69) is 5.32 Å². The molecule has 1 aromatic carbocycles. The van der Waals surface area contributed by atoms with Crippen molar-refractivity contribution in [3.63, 3.8) is 0 Å². The Bertz CT molecular complexity index is 1060. The zero-order valence-electron chi connectivity index (χ0n) is 29.0. The fraction of sp³-hybridized carbons (Fsp3) is 0.771. The Kier molecular flexibility index (Phi) is 16.6. The summed E-state index contributed by atoms with van der Waals surface area (Å²) in [4.78, 5) is 28.2. The van der Waals surface area contributed by atoms with Gasteiger partial charge in [0.2, 0.25) is 5.91 Å². The molecular weight excluding hydrogens is 624 g/mol. The van der Waals surface area contributed by atoms with Crippen LogP contribution in [-0.2, 0) is 42.7 Å². The molecule has 2 amide bonds. The first kappa shape index (κ1) is 38.3. The van der Waals surface area contributed by atoms with Gasteiger partial charge >= 0.3 is 6.09 Å². The molecule has 0 radical (unpaired) electrons. The van der Waals surface area contributed by atoms with Gasteiger partial charge in [0, 0.05) is 26.3 Å². The number of nitrogens with zero attached hydrogens (tertiary/aromatic N) is 1. The Balaban J connectivity index is 1.15. The number of hydrogen-bond donors (Lipinski definition) is 1. The molecule has 3 saturated heterocycles. The Labute approximate surface area is 285 Å². The molecule has 272 valence electrons. The van der Waals surface area contributed by atoms with Crippen LogP contribution in [0.1, 0.15) is 77.3 Å². The Hall–Kier alpha value is -2.52. The van der Waals surface area contributed by atoms with Crippen molar-refractivity contribution in [1.82, 2.24) is 10.2 Å². The Morgan fingerprint density at radius 2 is 1.38 bits per heavy atom. The molecule has 3 aliphatic heterocycles. The first-order valence-corrected chi connectivity index (χ1v) is 17.5. The second-order valence-electron chi connectivity index (χ2n) is 13.1. The zero-order valence-corrected chi connectivity index (χ0v) is 29.0. The highest BCUT2D eigenvalue weighted by molar-refractivity contribution is 5.87. The third-order valence-electron chi connectivity index (χ3n) is 7.99. The average molecular weight is 681 g/mol. The average Bonchev–Trinajstić information content (AvgIpc) is 3.56. The topological polar surface area (TPSA) is 132 Å². The molecule has 4 rings (SSSR count). The van der Waals surface area contributed by atoms with Crippen molar-refractivity contribution >= 4 is 12.0 Å². The van der Waals surface area contributed by atoms with Crippen molar-refractivity contribution in [3.05, 3.63) is 29.8 Å². The number of likely N-dealkylation sites (tertiary alicyclic amines) is 1. The van der Waals surface area contributed by atoms with E-state index in [9.17, 15) is 9.59 Å². The van der Waals surface area contributed by atoms with E-state index in [0.717, 1.165) is 51.7 Å². The van der Waals surface area contributed by atoms with E-state index in [4.69, 9.17) is 42.6 Å². The first-order chi connectivity index (χ1) is 23.3. The highest BCUT2D eigenvalue weighted by Gasteiger charge is 2.34. The van der Waals surface area contributed by atoms with Gasteiger partial charge in [-0.2, -0.15) is 0 Å². The van der Waals surface area contributed by atoms with Crippen molar-refractivity contribution in [2.24, 2.45) is 0 Å². The lowest BCUT2D eigenvalue weighted by molar-refractivity contribution is -0.169. The van der Waals surface area contributed by atoms with E-state index in [1.807, 2.05) is 0 Å². The molecule has 3 unspecified atom stereocenters. The number of hydrogen-bond acceptors (Lipinski definition) is 11. The van der Waals surface area contributed by atoms with Gasteiger partial charge in [0.15, 0.2) is 12.6 Å². The summed E-state index contributed by atoms with van der Waals surface area (Å²) in [5, 5.41) is 2.78. The standard InChI is InChI=1S/C35H56N2O11/c1-35(2,3)48-34(39)36-32(27-10-12-28(13-11-27)42-24-25-47-31-9-5-7-17-45-31)33(38)37-15-14-29(26-37)43-22-20-40-18-19-41-21-23-46-30-8-4-6-16-44-30/h10-13,29-32H,4-9,14-26H2,1-3H3,(H,36,39)/t29-,30?,31?,32?/m1/s1. The van der Waals surface area contributed by atoms with Gasteiger partial charge in [0.1, 0.15) is 24.0 Å². The lowest BCUT2D eigenvalue weighted by Crippen LogP contribution is -2.44. The van der Waals surface area contributed by atoms with Crippen LogP contribution in [-0.4, -0.2) is 120 Å². The molecule has 48 heavy (non-hydrogen) atoms. The van der Waals surface area contributed by atoms with Crippen molar-refractivity contribution in [2.75, 3.05) is 79.2 Å². The largest absolute Gasteiger partial charge is 0.491 e. The van der Waals surface area contributed by atoms with Crippen molar-refractivity contribution < 1.29 is 52.2 Å². The third-order valence-corrected chi connectivity index (χ3v) is 7.99. The quantitative estimate of drug-likeness (QED) is 0.209. The number of carbonyl (C=O) groups is 2. The molecule has 0 saturated carbocycles. The first-order valence-electron chi connectivity index (χ1n) is 17.5. The maximum absolute atomic E-state index is 13.7. The number of amides is 2. The van der Waals surface area contributed by atoms with Gasteiger partial charge < -0.3 is 52.8 Å². The lowest BCUT2D eigenvalue weighted by Gasteiger charge is -2.27. The van der Waals surface area contributed by atoms with Gasteiger partial charge in [0.05, 0.1) is 52.4 Å². The fourth-order valence-corrected chi connectivity index (χ4v) is 5.58. The van der Waals surface area contributed by atoms with Crippen LogP contribution in [0.15, 0.2) is 24.3 Å². The molecule has 3 fully saturated rings. The Morgan fingerprint density at radius 1 is 0.792 bits per heavy atom. The van der Waals surface area contributed by atoms with Crippen LogP contribution in [0.25, 0.3) is 0 Å². The van der Waals surface area contributed by atoms with Crippen LogP contribution < -0.4 is 10.1 Å². The Morgan fingerprint density at radius 3 is 1.96 bits per heavy atom. The number of carbonyl (C=O) groups excluding carboxylic acids is 2. The predicted molar refractivity (Wildman–Crippen MR) is 176 cm³/mol. The molecular formula is C35H56N2O11. The highest BCUT2D eigenvalue weighted by Crippen LogP contribution is 2.24. The van der Waals surface area contributed by atoms with Gasteiger partial charge in [-0.05, 0) is 83.4 Å². The van der Waals surface area contributed by atoms with Crippen LogP contribution in [0.2, 0.25) is 0 Å².